The number of hydrogen-bond acceptors (Lipinski definition) is 3. The van der Waals surface area contributed by atoms with Gasteiger partial charge in [0.15, 0.2) is 0 Å². The Kier molecular flexibility index (Phi) is 7.20. The van der Waals surface area contributed by atoms with Gasteiger partial charge in [-0.05, 0) is 48.4 Å². The first kappa shape index (κ1) is 20.4. The number of rotatable bonds is 8. The SMILES string of the molecule is CCN(CC)S(=O)(=O)c1ccc(CCC(=O)Nc2ccc(Cl)cc2)cc1. The minimum Gasteiger partial charge on any atom is -0.326 e. The molecule has 0 saturated heterocycles. The molecule has 0 heterocycles. The molecule has 2 rings (SSSR count). The van der Waals surface area contributed by atoms with Crippen LogP contribution in [0.1, 0.15) is 25.8 Å². The fourth-order valence-corrected chi connectivity index (χ4v) is 4.14. The number of halogens is 1. The number of carbonyl (C=O) groups is 1. The van der Waals surface area contributed by atoms with Crippen molar-refractivity contribution in [2.75, 3.05) is 18.4 Å². The summed E-state index contributed by atoms with van der Waals surface area (Å²) in [7, 11) is -3.45. The van der Waals surface area contributed by atoms with Gasteiger partial charge in [-0.15, -0.1) is 0 Å². The van der Waals surface area contributed by atoms with Gasteiger partial charge < -0.3 is 5.32 Å². The highest BCUT2D eigenvalue weighted by atomic mass is 35.5. The molecule has 7 heteroatoms. The maximum atomic E-state index is 12.5. The predicted molar refractivity (Wildman–Crippen MR) is 105 cm³/mol. The van der Waals surface area contributed by atoms with E-state index in [1.165, 1.54) is 4.31 Å². The molecule has 0 unspecified atom stereocenters. The zero-order chi connectivity index (χ0) is 19.2. The monoisotopic (exact) mass is 394 g/mol. The molecule has 0 aliphatic heterocycles. The van der Waals surface area contributed by atoms with Crippen molar-refractivity contribution in [1.29, 1.82) is 0 Å². The third kappa shape index (κ3) is 5.30. The second-order valence-electron chi connectivity index (χ2n) is 5.79. The number of nitrogens with one attached hydrogen (secondary N) is 1. The molecule has 0 atom stereocenters. The van der Waals surface area contributed by atoms with Gasteiger partial charge in [-0.3, -0.25) is 4.79 Å². The van der Waals surface area contributed by atoms with Crippen LogP contribution in [0.15, 0.2) is 53.4 Å². The Bertz CT molecular complexity index is 830. The lowest BCUT2D eigenvalue weighted by atomic mass is 10.1. The Morgan fingerprint density at radius 3 is 2.12 bits per heavy atom. The molecular weight excluding hydrogens is 372 g/mol. The summed E-state index contributed by atoms with van der Waals surface area (Å²) in [4.78, 5) is 12.3. The molecule has 0 fully saturated rings. The van der Waals surface area contributed by atoms with Gasteiger partial charge in [-0.25, -0.2) is 8.42 Å². The lowest BCUT2D eigenvalue weighted by molar-refractivity contribution is -0.116. The number of aryl methyl sites for hydroxylation is 1. The first-order chi connectivity index (χ1) is 12.4. The van der Waals surface area contributed by atoms with Crippen molar-refractivity contribution in [3.05, 3.63) is 59.1 Å². The largest absolute Gasteiger partial charge is 0.326 e. The molecule has 0 aliphatic carbocycles. The van der Waals surface area contributed by atoms with Gasteiger partial charge in [-0.2, -0.15) is 4.31 Å². The van der Waals surface area contributed by atoms with Gasteiger partial charge >= 0.3 is 0 Å². The number of hydrogen-bond donors (Lipinski definition) is 1. The Labute approximate surface area is 160 Å². The molecule has 1 amide bonds. The fraction of sp³-hybridized carbons (Fsp3) is 0.316. The summed E-state index contributed by atoms with van der Waals surface area (Å²) in [5, 5.41) is 3.42. The summed E-state index contributed by atoms with van der Waals surface area (Å²) in [6.07, 6.45) is 0.843. The van der Waals surface area contributed by atoms with E-state index in [4.69, 9.17) is 11.6 Å². The van der Waals surface area contributed by atoms with Crippen molar-refractivity contribution in [2.24, 2.45) is 0 Å². The van der Waals surface area contributed by atoms with Crippen LogP contribution >= 0.6 is 11.6 Å². The van der Waals surface area contributed by atoms with E-state index in [1.807, 2.05) is 13.8 Å². The summed E-state index contributed by atoms with van der Waals surface area (Å²) >= 11 is 5.81. The molecule has 1 N–H and O–H groups in total. The normalized spacial score (nSPS) is 11.5. The van der Waals surface area contributed by atoms with Crippen LogP contribution in [0, 0.1) is 0 Å². The Hall–Kier alpha value is -1.89. The third-order valence-electron chi connectivity index (χ3n) is 4.04. The van der Waals surface area contributed by atoms with Crippen LogP contribution in [0.4, 0.5) is 5.69 Å². The number of anilines is 1. The second-order valence-corrected chi connectivity index (χ2v) is 8.16. The van der Waals surface area contributed by atoms with E-state index in [9.17, 15) is 13.2 Å². The Balaban J connectivity index is 1.94. The molecule has 2 aromatic carbocycles. The van der Waals surface area contributed by atoms with Crippen LogP contribution in [-0.4, -0.2) is 31.7 Å². The van der Waals surface area contributed by atoms with Crippen molar-refractivity contribution in [1.82, 2.24) is 4.31 Å². The second kappa shape index (κ2) is 9.16. The predicted octanol–water partition coefficient (Wildman–Crippen LogP) is 3.94. The molecule has 0 aliphatic rings. The quantitative estimate of drug-likeness (QED) is 0.737. The van der Waals surface area contributed by atoms with Crippen LogP contribution in [0.3, 0.4) is 0 Å². The van der Waals surface area contributed by atoms with Crippen molar-refractivity contribution in [2.45, 2.75) is 31.6 Å². The van der Waals surface area contributed by atoms with E-state index in [1.54, 1.807) is 48.5 Å². The molecule has 2 aromatic rings. The highest BCUT2D eigenvalue weighted by Crippen LogP contribution is 2.17. The minimum absolute atomic E-state index is 0.104. The van der Waals surface area contributed by atoms with Gasteiger partial charge in [0, 0.05) is 30.2 Å². The summed E-state index contributed by atoms with van der Waals surface area (Å²) in [5.74, 6) is -0.104. The summed E-state index contributed by atoms with van der Waals surface area (Å²) in [5.41, 5.74) is 1.61. The van der Waals surface area contributed by atoms with E-state index in [0.717, 1.165) is 5.56 Å². The summed E-state index contributed by atoms with van der Waals surface area (Å²) in [6, 6.07) is 13.6. The molecular formula is C19H23ClN2O3S. The zero-order valence-corrected chi connectivity index (χ0v) is 16.5. The topological polar surface area (TPSA) is 66.5 Å². The summed E-state index contributed by atoms with van der Waals surface area (Å²) < 4.78 is 26.3. The van der Waals surface area contributed by atoms with Gasteiger partial charge in [0.25, 0.3) is 0 Å². The number of amides is 1. The van der Waals surface area contributed by atoms with E-state index in [2.05, 4.69) is 5.32 Å². The molecule has 0 saturated carbocycles. The molecule has 140 valence electrons. The smallest absolute Gasteiger partial charge is 0.243 e. The first-order valence-corrected chi connectivity index (χ1v) is 10.3. The number of sulfonamides is 1. The van der Waals surface area contributed by atoms with Crippen LogP contribution in [-0.2, 0) is 21.2 Å². The van der Waals surface area contributed by atoms with Crippen molar-refractivity contribution >= 4 is 33.2 Å². The van der Waals surface area contributed by atoms with Crippen LogP contribution in [0.2, 0.25) is 5.02 Å². The zero-order valence-electron chi connectivity index (χ0n) is 14.9. The van der Waals surface area contributed by atoms with Gasteiger partial charge in [0.05, 0.1) is 4.90 Å². The molecule has 0 aromatic heterocycles. The minimum atomic E-state index is -3.45. The van der Waals surface area contributed by atoms with Crippen LogP contribution in [0.25, 0.3) is 0 Å². The van der Waals surface area contributed by atoms with Crippen molar-refractivity contribution in [3.63, 3.8) is 0 Å². The van der Waals surface area contributed by atoms with Gasteiger partial charge in [0.1, 0.15) is 0 Å². The lowest BCUT2D eigenvalue weighted by Gasteiger charge is -2.18. The lowest BCUT2D eigenvalue weighted by Crippen LogP contribution is -2.30. The average molecular weight is 395 g/mol. The maximum absolute atomic E-state index is 12.5. The molecule has 5 nitrogen and oxygen atoms in total. The molecule has 0 spiro atoms. The van der Waals surface area contributed by atoms with E-state index in [0.29, 0.717) is 36.6 Å². The first-order valence-electron chi connectivity index (χ1n) is 8.51. The van der Waals surface area contributed by atoms with E-state index < -0.39 is 10.0 Å². The Morgan fingerprint density at radius 2 is 1.58 bits per heavy atom. The van der Waals surface area contributed by atoms with E-state index in [-0.39, 0.29) is 10.8 Å². The van der Waals surface area contributed by atoms with E-state index >= 15 is 0 Å². The Morgan fingerprint density at radius 1 is 1.00 bits per heavy atom. The van der Waals surface area contributed by atoms with Crippen LogP contribution < -0.4 is 5.32 Å². The average Bonchev–Trinajstić information content (AvgIpc) is 2.63. The highest BCUT2D eigenvalue weighted by Gasteiger charge is 2.21. The maximum Gasteiger partial charge on any atom is 0.243 e. The molecule has 0 bridgehead atoms. The highest BCUT2D eigenvalue weighted by molar-refractivity contribution is 7.89. The van der Waals surface area contributed by atoms with Crippen molar-refractivity contribution < 1.29 is 13.2 Å². The van der Waals surface area contributed by atoms with Gasteiger partial charge in [0.2, 0.25) is 15.9 Å². The number of benzene rings is 2. The standard InChI is InChI=1S/C19H23ClN2O3S/c1-3-22(4-2)26(24,25)18-12-5-15(6-13-18)7-14-19(23)21-17-10-8-16(20)9-11-17/h5-6,8-13H,3-4,7,14H2,1-2H3,(H,21,23). The number of carbonyl (C=O) groups excluding carboxylic acids is 1. The molecule has 0 radical (unpaired) electrons. The third-order valence-corrected chi connectivity index (χ3v) is 6.35. The summed E-state index contributed by atoms with van der Waals surface area (Å²) in [6.45, 7) is 4.50. The number of nitrogens with zero attached hydrogens (tertiary/aromatic N) is 1. The fourth-order valence-electron chi connectivity index (χ4n) is 2.56. The van der Waals surface area contributed by atoms with Gasteiger partial charge in [-0.1, -0.05) is 37.6 Å². The van der Waals surface area contributed by atoms with Crippen molar-refractivity contribution in [3.8, 4) is 0 Å². The molecule has 26 heavy (non-hydrogen) atoms. The van der Waals surface area contributed by atoms with Crippen LogP contribution in [0.5, 0.6) is 0 Å².